The molecule has 0 bridgehead atoms. The van der Waals surface area contributed by atoms with Crippen molar-refractivity contribution in [2.75, 3.05) is 39.3 Å². The number of hydrogen-bond donors (Lipinski definition) is 1. The third-order valence-electron chi connectivity index (χ3n) is 4.18. The Balaban J connectivity index is 1.38. The van der Waals surface area contributed by atoms with Gasteiger partial charge in [0, 0.05) is 39.1 Å². The monoisotopic (exact) mass is 393 g/mol. The van der Waals surface area contributed by atoms with Crippen molar-refractivity contribution in [2.45, 2.75) is 19.9 Å². The van der Waals surface area contributed by atoms with Crippen LogP contribution in [-0.4, -0.2) is 71.3 Å². The van der Waals surface area contributed by atoms with Crippen molar-refractivity contribution in [3.8, 4) is 10.7 Å². The van der Waals surface area contributed by atoms with Crippen molar-refractivity contribution in [3.63, 3.8) is 0 Å². The molecule has 1 aliphatic heterocycles. The summed E-state index contributed by atoms with van der Waals surface area (Å²) in [6, 6.07) is 3.91. The van der Waals surface area contributed by atoms with Gasteiger partial charge in [-0.15, -0.1) is 11.3 Å². The molecular weight excluding hydrogens is 370 g/mol. The van der Waals surface area contributed by atoms with E-state index in [0.29, 0.717) is 38.0 Å². The van der Waals surface area contributed by atoms with E-state index in [9.17, 15) is 9.59 Å². The summed E-state index contributed by atoms with van der Waals surface area (Å²) >= 11 is 1.57. The minimum Gasteiger partial charge on any atom is -0.450 e. The maximum absolute atomic E-state index is 12.2. The standard InChI is InChI=1S/C17H23N5O4S/c1-2-25-17(24)18-6-5-15(23)22-9-7-21(8-10-22)12-14-19-16(20-26-14)13-4-3-11-27-13/h3-4,11H,2,5-10,12H2,1H3,(H,18,24). The minimum atomic E-state index is -0.489. The van der Waals surface area contributed by atoms with Gasteiger partial charge in [0.1, 0.15) is 0 Å². The number of amides is 2. The van der Waals surface area contributed by atoms with Gasteiger partial charge in [0.2, 0.25) is 17.6 Å². The van der Waals surface area contributed by atoms with Gasteiger partial charge >= 0.3 is 6.09 Å². The quantitative estimate of drug-likeness (QED) is 0.762. The van der Waals surface area contributed by atoms with Gasteiger partial charge in [-0.2, -0.15) is 4.98 Å². The molecule has 2 amide bonds. The van der Waals surface area contributed by atoms with Crippen molar-refractivity contribution in [3.05, 3.63) is 23.4 Å². The second kappa shape index (κ2) is 9.47. The Hall–Kier alpha value is -2.46. The number of ether oxygens (including phenoxy) is 1. The van der Waals surface area contributed by atoms with E-state index in [1.165, 1.54) is 0 Å². The molecule has 27 heavy (non-hydrogen) atoms. The molecular formula is C17H23N5O4S. The molecule has 1 aliphatic rings. The Bertz CT molecular complexity index is 740. The van der Waals surface area contributed by atoms with Gasteiger partial charge in [0.05, 0.1) is 18.0 Å². The predicted octanol–water partition coefficient (Wildman–Crippen LogP) is 1.58. The van der Waals surface area contributed by atoms with E-state index in [1.54, 1.807) is 18.3 Å². The fourth-order valence-corrected chi connectivity index (χ4v) is 3.43. The predicted molar refractivity (Wildman–Crippen MR) is 99.1 cm³/mol. The number of piperazine rings is 1. The summed E-state index contributed by atoms with van der Waals surface area (Å²) in [6.07, 6.45) is -0.219. The van der Waals surface area contributed by atoms with Crippen LogP contribution in [0.3, 0.4) is 0 Å². The van der Waals surface area contributed by atoms with Gasteiger partial charge < -0.3 is 19.5 Å². The molecule has 1 N–H and O–H groups in total. The van der Waals surface area contributed by atoms with Crippen LogP contribution >= 0.6 is 11.3 Å². The molecule has 3 heterocycles. The Kier molecular flexibility index (Phi) is 6.77. The summed E-state index contributed by atoms with van der Waals surface area (Å²) in [5.41, 5.74) is 0. The summed E-state index contributed by atoms with van der Waals surface area (Å²) in [4.78, 5) is 32.8. The number of nitrogens with zero attached hydrogens (tertiary/aromatic N) is 4. The third kappa shape index (κ3) is 5.51. The first-order valence-corrected chi connectivity index (χ1v) is 9.81. The normalized spacial score (nSPS) is 14.9. The number of rotatable bonds is 7. The summed E-state index contributed by atoms with van der Waals surface area (Å²) in [5.74, 6) is 1.23. The molecule has 3 rings (SSSR count). The number of aromatic nitrogens is 2. The van der Waals surface area contributed by atoms with Crippen molar-refractivity contribution in [2.24, 2.45) is 0 Å². The van der Waals surface area contributed by atoms with Crippen molar-refractivity contribution in [1.82, 2.24) is 25.3 Å². The zero-order valence-corrected chi connectivity index (χ0v) is 16.0. The first-order chi connectivity index (χ1) is 13.2. The van der Waals surface area contributed by atoms with E-state index in [1.807, 2.05) is 22.4 Å². The number of alkyl carbamates (subject to hydrolysis) is 1. The molecule has 0 aliphatic carbocycles. The van der Waals surface area contributed by atoms with Crippen LogP contribution in [0.5, 0.6) is 0 Å². The summed E-state index contributed by atoms with van der Waals surface area (Å²) in [7, 11) is 0. The molecule has 0 aromatic carbocycles. The smallest absolute Gasteiger partial charge is 0.407 e. The molecule has 9 nitrogen and oxygen atoms in total. The van der Waals surface area contributed by atoms with Crippen LogP contribution < -0.4 is 5.32 Å². The summed E-state index contributed by atoms with van der Waals surface area (Å²) in [5, 5.41) is 8.56. The van der Waals surface area contributed by atoms with E-state index in [0.717, 1.165) is 18.0 Å². The summed E-state index contributed by atoms with van der Waals surface area (Å²) in [6.45, 7) is 5.68. The molecule has 0 atom stereocenters. The van der Waals surface area contributed by atoms with Crippen LogP contribution in [0, 0.1) is 0 Å². The van der Waals surface area contributed by atoms with E-state index >= 15 is 0 Å². The molecule has 0 unspecified atom stereocenters. The molecule has 2 aromatic rings. The van der Waals surface area contributed by atoms with Crippen LogP contribution in [0.15, 0.2) is 22.0 Å². The lowest BCUT2D eigenvalue weighted by Crippen LogP contribution is -2.48. The molecule has 146 valence electrons. The van der Waals surface area contributed by atoms with Gasteiger partial charge in [0.15, 0.2) is 0 Å². The number of carbonyl (C=O) groups excluding carboxylic acids is 2. The van der Waals surface area contributed by atoms with Crippen LogP contribution in [0.2, 0.25) is 0 Å². The zero-order valence-electron chi connectivity index (χ0n) is 15.2. The highest BCUT2D eigenvalue weighted by molar-refractivity contribution is 7.13. The average Bonchev–Trinajstić information content (AvgIpc) is 3.34. The SMILES string of the molecule is CCOC(=O)NCCC(=O)N1CCN(Cc2nc(-c3cccs3)no2)CC1. The Labute approximate surface area is 161 Å². The highest BCUT2D eigenvalue weighted by Crippen LogP contribution is 2.21. The fraction of sp³-hybridized carbons (Fsp3) is 0.529. The van der Waals surface area contributed by atoms with Crippen LogP contribution in [0.4, 0.5) is 4.79 Å². The Morgan fingerprint density at radius 2 is 2.15 bits per heavy atom. The number of thiophene rings is 1. The zero-order chi connectivity index (χ0) is 19.1. The topological polar surface area (TPSA) is 101 Å². The Morgan fingerprint density at radius 3 is 2.85 bits per heavy atom. The number of carbonyl (C=O) groups is 2. The molecule has 0 spiro atoms. The van der Waals surface area contributed by atoms with Gasteiger partial charge in [-0.25, -0.2) is 4.79 Å². The van der Waals surface area contributed by atoms with Crippen LogP contribution in [0.25, 0.3) is 10.7 Å². The maximum atomic E-state index is 12.2. The number of hydrogen-bond acceptors (Lipinski definition) is 8. The second-order valence-electron chi connectivity index (χ2n) is 6.04. The molecule has 1 fully saturated rings. The van der Waals surface area contributed by atoms with E-state index in [-0.39, 0.29) is 18.9 Å². The van der Waals surface area contributed by atoms with Crippen LogP contribution in [0.1, 0.15) is 19.2 Å². The molecule has 0 saturated carbocycles. The molecule has 2 aromatic heterocycles. The van der Waals surface area contributed by atoms with Gasteiger partial charge in [-0.05, 0) is 18.4 Å². The molecule has 1 saturated heterocycles. The van der Waals surface area contributed by atoms with E-state index in [2.05, 4.69) is 20.4 Å². The fourth-order valence-electron chi connectivity index (χ4n) is 2.78. The number of nitrogens with one attached hydrogen (secondary N) is 1. The Morgan fingerprint density at radius 1 is 1.33 bits per heavy atom. The van der Waals surface area contributed by atoms with Gasteiger partial charge in [-0.1, -0.05) is 11.2 Å². The van der Waals surface area contributed by atoms with Crippen LogP contribution in [-0.2, 0) is 16.1 Å². The lowest BCUT2D eigenvalue weighted by Gasteiger charge is -2.34. The van der Waals surface area contributed by atoms with E-state index in [4.69, 9.17) is 9.26 Å². The van der Waals surface area contributed by atoms with Crippen molar-refractivity contribution >= 4 is 23.3 Å². The summed E-state index contributed by atoms with van der Waals surface area (Å²) < 4.78 is 10.1. The first-order valence-electron chi connectivity index (χ1n) is 8.93. The minimum absolute atomic E-state index is 0.0317. The van der Waals surface area contributed by atoms with Crippen molar-refractivity contribution < 1.29 is 18.8 Å². The molecule has 0 radical (unpaired) electrons. The van der Waals surface area contributed by atoms with Gasteiger partial charge in [0.25, 0.3) is 0 Å². The maximum Gasteiger partial charge on any atom is 0.407 e. The average molecular weight is 393 g/mol. The van der Waals surface area contributed by atoms with E-state index < -0.39 is 6.09 Å². The largest absolute Gasteiger partial charge is 0.450 e. The highest BCUT2D eigenvalue weighted by Gasteiger charge is 2.22. The third-order valence-corrected chi connectivity index (χ3v) is 5.04. The lowest BCUT2D eigenvalue weighted by molar-refractivity contribution is -0.132. The second-order valence-corrected chi connectivity index (χ2v) is 6.99. The molecule has 10 heteroatoms. The van der Waals surface area contributed by atoms with Gasteiger partial charge in [-0.3, -0.25) is 9.69 Å². The first kappa shape index (κ1) is 19.3. The van der Waals surface area contributed by atoms with Crippen molar-refractivity contribution in [1.29, 1.82) is 0 Å². The highest BCUT2D eigenvalue weighted by atomic mass is 32.1. The lowest BCUT2D eigenvalue weighted by atomic mass is 10.2.